The monoisotopic (exact) mass is 541 g/mol. The van der Waals surface area contributed by atoms with Crippen molar-refractivity contribution in [2.75, 3.05) is 0 Å². The standard InChI is InChI=1S/C21H13F6N7O2S/c1-11(20(22,23)24)33-37(35,36)13-3-4-16(31-10-13)17-15(8-28)14-7-12(21(25,26)27)9-32-18(14)34(17)19-29-5-2-6-30-19/h2-7,9-11,33H,1H3. The summed E-state index contributed by atoms with van der Waals surface area (Å²) in [5, 5.41) is 9.64. The fourth-order valence-corrected chi connectivity index (χ4v) is 4.50. The van der Waals surface area contributed by atoms with Gasteiger partial charge in [-0.25, -0.2) is 23.4 Å². The highest BCUT2D eigenvalue weighted by Gasteiger charge is 2.39. The van der Waals surface area contributed by atoms with Crippen LogP contribution in [-0.2, 0) is 16.2 Å². The van der Waals surface area contributed by atoms with E-state index in [-0.39, 0.29) is 33.9 Å². The van der Waals surface area contributed by atoms with Gasteiger partial charge in [0.15, 0.2) is 0 Å². The summed E-state index contributed by atoms with van der Waals surface area (Å²) in [6.07, 6.45) is -5.59. The minimum absolute atomic E-state index is 0.0737. The maximum atomic E-state index is 13.3. The third-order valence-electron chi connectivity index (χ3n) is 5.11. The average Bonchev–Trinajstić information content (AvgIpc) is 3.17. The first-order valence-electron chi connectivity index (χ1n) is 10.1. The molecule has 37 heavy (non-hydrogen) atoms. The molecule has 0 radical (unpaired) electrons. The lowest BCUT2D eigenvalue weighted by atomic mass is 10.1. The number of hydrogen-bond donors (Lipinski definition) is 1. The van der Waals surface area contributed by atoms with Crippen LogP contribution in [0.25, 0.3) is 28.4 Å². The maximum Gasteiger partial charge on any atom is 0.417 e. The van der Waals surface area contributed by atoms with Crippen LogP contribution in [0.15, 0.2) is 53.9 Å². The molecule has 0 saturated heterocycles. The number of pyridine rings is 2. The lowest BCUT2D eigenvalue weighted by Crippen LogP contribution is -2.42. The van der Waals surface area contributed by atoms with Crippen molar-refractivity contribution in [1.82, 2.24) is 29.2 Å². The van der Waals surface area contributed by atoms with Gasteiger partial charge in [-0.15, -0.1) is 0 Å². The number of rotatable bonds is 5. The molecule has 0 aliphatic carbocycles. The second-order valence-corrected chi connectivity index (χ2v) is 9.29. The second kappa shape index (κ2) is 9.09. The van der Waals surface area contributed by atoms with Gasteiger partial charge in [-0.3, -0.25) is 9.55 Å². The lowest BCUT2D eigenvalue weighted by molar-refractivity contribution is -0.147. The van der Waals surface area contributed by atoms with E-state index >= 15 is 0 Å². The molecule has 4 rings (SSSR count). The van der Waals surface area contributed by atoms with Gasteiger partial charge in [0.25, 0.3) is 0 Å². The molecule has 0 fully saturated rings. The Labute approximate surface area is 204 Å². The summed E-state index contributed by atoms with van der Waals surface area (Å²) in [5.74, 6) is -0.0737. The number of sulfonamides is 1. The van der Waals surface area contributed by atoms with E-state index in [1.54, 1.807) is 0 Å². The summed E-state index contributed by atoms with van der Waals surface area (Å²) in [6, 6.07) is 3.67. The van der Waals surface area contributed by atoms with Gasteiger partial charge in [0.05, 0.1) is 22.5 Å². The zero-order chi connectivity index (χ0) is 27.2. The molecule has 0 aromatic carbocycles. The van der Waals surface area contributed by atoms with Gasteiger partial charge < -0.3 is 0 Å². The molecule has 0 bridgehead atoms. The van der Waals surface area contributed by atoms with E-state index in [0.717, 1.165) is 24.4 Å². The molecule has 1 atom stereocenters. The Bertz CT molecular complexity index is 1610. The lowest BCUT2D eigenvalue weighted by Gasteiger charge is -2.17. The molecule has 1 N–H and O–H groups in total. The van der Waals surface area contributed by atoms with Crippen LogP contribution >= 0.6 is 0 Å². The highest BCUT2D eigenvalue weighted by atomic mass is 32.2. The van der Waals surface area contributed by atoms with Gasteiger partial charge in [0, 0.05) is 30.2 Å². The third kappa shape index (κ3) is 4.95. The van der Waals surface area contributed by atoms with Crippen LogP contribution in [0.1, 0.15) is 18.1 Å². The molecule has 1 unspecified atom stereocenters. The number of nitriles is 1. The first-order chi connectivity index (χ1) is 17.2. The van der Waals surface area contributed by atoms with Crippen molar-refractivity contribution in [3.05, 3.63) is 60.2 Å². The van der Waals surface area contributed by atoms with E-state index in [1.807, 2.05) is 6.07 Å². The predicted molar refractivity (Wildman–Crippen MR) is 115 cm³/mol. The fraction of sp³-hybridized carbons (Fsp3) is 0.190. The second-order valence-electron chi connectivity index (χ2n) is 7.58. The maximum absolute atomic E-state index is 13.3. The molecule has 4 aromatic heterocycles. The van der Waals surface area contributed by atoms with Crippen LogP contribution in [0.2, 0.25) is 0 Å². The minimum Gasteiger partial charge on any atom is -0.259 e. The molecule has 9 nitrogen and oxygen atoms in total. The minimum atomic E-state index is -4.83. The van der Waals surface area contributed by atoms with Gasteiger partial charge in [0.2, 0.25) is 16.0 Å². The smallest absolute Gasteiger partial charge is 0.259 e. The number of alkyl halides is 6. The van der Waals surface area contributed by atoms with Crippen LogP contribution in [0.5, 0.6) is 0 Å². The van der Waals surface area contributed by atoms with Gasteiger partial charge in [-0.05, 0) is 31.2 Å². The number of hydrogen-bond acceptors (Lipinski definition) is 7. The number of halogens is 6. The Morgan fingerprint density at radius 2 is 1.70 bits per heavy atom. The summed E-state index contributed by atoms with van der Waals surface area (Å²) in [7, 11) is -4.63. The van der Waals surface area contributed by atoms with Crippen molar-refractivity contribution in [3.63, 3.8) is 0 Å². The van der Waals surface area contributed by atoms with Crippen LogP contribution in [0.3, 0.4) is 0 Å². The SMILES string of the molecule is CC(NS(=O)(=O)c1ccc(-c2c(C#N)c3cc(C(F)(F)F)cnc3n2-c2ncccn2)nc1)C(F)(F)F. The number of aromatic nitrogens is 5. The van der Waals surface area contributed by atoms with Gasteiger partial charge in [-0.2, -0.15) is 36.3 Å². The third-order valence-corrected chi connectivity index (χ3v) is 6.64. The Morgan fingerprint density at radius 3 is 2.24 bits per heavy atom. The quantitative estimate of drug-likeness (QED) is 0.379. The van der Waals surface area contributed by atoms with Crippen molar-refractivity contribution >= 4 is 21.1 Å². The molecule has 0 spiro atoms. The number of nitrogens with zero attached hydrogens (tertiary/aromatic N) is 6. The topological polar surface area (TPSA) is 126 Å². The predicted octanol–water partition coefficient (Wildman–Crippen LogP) is 4.00. The van der Waals surface area contributed by atoms with E-state index in [0.29, 0.717) is 13.1 Å². The Balaban J connectivity index is 1.91. The Kier molecular flexibility index (Phi) is 6.38. The molecule has 16 heteroatoms. The van der Waals surface area contributed by atoms with E-state index in [1.165, 1.54) is 27.7 Å². The Morgan fingerprint density at radius 1 is 1.03 bits per heavy atom. The Hall–Kier alpha value is -4.10. The molecule has 4 aromatic rings. The van der Waals surface area contributed by atoms with Crippen LogP contribution in [0.4, 0.5) is 26.3 Å². The summed E-state index contributed by atoms with van der Waals surface area (Å²) in [4.78, 5) is 15.3. The largest absolute Gasteiger partial charge is 0.417 e. The highest BCUT2D eigenvalue weighted by molar-refractivity contribution is 7.89. The first-order valence-corrected chi connectivity index (χ1v) is 11.6. The van der Waals surface area contributed by atoms with Gasteiger partial charge in [-0.1, -0.05) is 0 Å². The van der Waals surface area contributed by atoms with Crippen LogP contribution < -0.4 is 4.72 Å². The average molecular weight is 541 g/mol. The first kappa shape index (κ1) is 26.0. The van der Waals surface area contributed by atoms with Crippen molar-refractivity contribution in [1.29, 1.82) is 5.26 Å². The summed E-state index contributed by atoms with van der Waals surface area (Å²) in [6.45, 7) is 0.624. The van der Waals surface area contributed by atoms with Crippen molar-refractivity contribution in [2.24, 2.45) is 0 Å². The van der Waals surface area contributed by atoms with E-state index < -0.39 is 38.9 Å². The van der Waals surface area contributed by atoms with Crippen LogP contribution in [-0.4, -0.2) is 45.1 Å². The zero-order valence-corrected chi connectivity index (χ0v) is 19.2. The van der Waals surface area contributed by atoms with Crippen LogP contribution in [0, 0.1) is 11.3 Å². The summed E-state index contributed by atoms with van der Waals surface area (Å²) in [5.41, 5.74) is -1.71. The van der Waals surface area contributed by atoms with E-state index in [9.17, 15) is 40.0 Å². The summed E-state index contributed by atoms with van der Waals surface area (Å²) < 4.78 is 106. The number of fused-ring (bicyclic) bond motifs is 1. The zero-order valence-electron chi connectivity index (χ0n) is 18.4. The molecular weight excluding hydrogens is 528 g/mol. The van der Waals surface area contributed by atoms with E-state index in [2.05, 4.69) is 19.9 Å². The van der Waals surface area contributed by atoms with Gasteiger partial charge >= 0.3 is 12.4 Å². The molecule has 0 aliphatic rings. The molecule has 0 aliphatic heterocycles. The molecule has 0 amide bonds. The van der Waals surface area contributed by atoms with Gasteiger partial charge in [0.1, 0.15) is 22.7 Å². The molecular formula is C21H13F6N7O2S. The van der Waals surface area contributed by atoms with E-state index in [4.69, 9.17) is 0 Å². The molecule has 0 saturated carbocycles. The number of nitrogens with one attached hydrogen (secondary N) is 1. The van der Waals surface area contributed by atoms with Crippen molar-refractivity contribution in [3.8, 4) is 23.4 Å². The van der Waals surface area contributed by atoms with Crippen molar-refractivity contribution in [2.45, 2.75) is 30.2 Å². The molecule has 192 valence electrons. The fourth-order valence-electron chi connectivity index (χ4n) is 3.32. The van der Waals surface area contributed by atoms with Crippen molar-refractivity contribution < 1.29 is 34.8 Å². The normalized spacial score (nSPS) is 13.5. The molecule has 4 heterocycles. The highest BCUT2D eigenvalue weighted by Crippen LogP contribution is 2.37. The summed E-state index contributed by atoms with van der Waals surface area (Å²) >= 11 is 0.